The molecule has 1 aliphatic carbocycles. The van der Waals surface area contributed by atoms with Crippen LogP contribution in [0.3, 0.4) is 0 Å². The molecule has 0 atom stereocenters. The second-order valence-corrected chi connectivity index (χ2v) is 15.9. The van der Waals surface area contributed by atoms with Gasteiger partial charge in [-0.1, -0.05) is 12.1 Å². The third kappa shape index (κ3) is 4.25. The van der Waals surface area contributed by atoms with E-state index in [9.17, 15) is 0 Å². The van der Waals surface area contributed by atoms with Gasteiger partial charge < -0.3 is 0 Å². The first-order valence-electron chi connectivity index (χ1n) is 17.0. The van der Waals surface area contributed by atoms with Crippen LogP contribution < -0.4 is 4.90 Å². The molecule has 0 fully saturated rings. The van der Waals surface area contributed by atoms with Gasteiger partial charge >= 0.3 is 282 Å². The van der Waals surface area contributed by atoms with Gasteiger partial charge in [0.05, 0.1) is 0 Å². The Bertz CT molecular complexity index is 2750. The van der Waals surface area contributed by atoms with E-state index in [4.69, 9.17) is 0 Å². The van der Waals surface area contributed by atoms with Gasteiger partial charge in [-0.3, -0.25) is 0 Å². The van der Waals surface area contributed by atoms with Crippen molar-refractivity contribution < 1.29 is 0 Å². The predicted octanol–water partition coefficient (Wildman–Crippen LogP) is 12.8. The molecule has 49 heavy (non-hydrogen) atoms. The molecule has 1 nitrogen and oxygen atoms in total. The van der Waals surface area contributed by atoms with Crippen molar-refractivity contribution in [2.45, 2.75) is 19.3 Å². The van der Waals surface area contributed by atoms with Crippen molar-refractivity contribution in [2.75, 3.05) is 4.90 Å². The molecule has 10 rings (SSSR count). The average molecular weight is 691 g/mol. The van der Waals surface area contributed by atoms with E-state index < -0.39 is 0 Å². The average Bonchev–Trinajstić information content (AvgIpc) is 3.64. The molecular formula is C47H33NSe. The Kier molecular flexibility index (Phi) is 6.31. The van der Waals surface area contributed by atoms with Crippen LogP contribution in [0, 0.1) is 0 Å². The summed E-state index contributed by atoms with van der Waals surface area (Å²) >= 11 is 0.260. The Labute approximate surface area is 292 Å². The molecule has 0 amide bonds. The molecule has 0 bridgehead atoms. The van der Waals surface area contributed by atoms with Crippen LogP contribution in [-0.2, 0) is 5.41 Å². The van der Waals surface area contributed by atoms with E-state index in [1.807, 2.05) is 0 Å². The van der Waals surface area contributed by atoms with Crippen LogP contribution in [0.1, 0.15) is 25.0 Å². The zero-order valence-corrected chi connectivity index (χ0v) is 29.2. The normalized spacial score (nSPS) is 13.3. The van der Waals surface area contributed by atoms with Gasteiger partial charge in [0, 0.05) is 0 Å². The molecule has 1 heterocycles. The number of hydrogen-bond donors (Lipinski definition) is 0. The SMILES string of the molecule is CC1(C)c2ccccc2-c2ccc(N(c3ccccc3-c3ccccc3)c3cc4ccc5c6ccccc6[se]c5c4c4ccccc34)cc21. The van der Waals surface area contributed by atoms with Crippen LogP contribution in [-0.4, -0.2) is 14.5 Å². The molecule has 0 spiro atoms. The van der Waals surface area contributed by atoms with Gasteiger partial charge in [0.15, 0.2) is 0 Å². The van der Waals surface area contributed by atoms with Crippen molar-refractivity contribution in [1.82, 2.24) is 0 Å². The van der Waals surface area contributed by atoms with Crippen molar-refractivity contribution in [3.05, 3.63) is 175 Å². The minimum atomic E-state index is -0.102. The zero-order valence-electron chi connectivity index (χ0n) is 27.4. The summed E-state index contributed by atoms with van der Waals surface area (Å²) < 4.78 is 2.98. The van der Waals surface area contributed by atoms with Crippen molar-refractivity contribution in [3.8, 4) is 22.3 Å². The fourth-order valence-corrected chi connectivity index (χ4v) is 11.0. The second kappa shape index (κ2) is 10.8. The number of fused-ring (bicyclic) bond motifs is 10. The van der Waals surface area contributed by atoms with Crippen molar-refractivity contribution in [2.24, 2.45) is 0 Å². The molecule has 0 N–H and O–H groups in total. The van der Waals surface area contributed by atoms with E-state index in [-0.39, 0.29) is 19.9 Å². The number of nitrogens with zero attached hydrogens (tertiary/aromatic N) is 1. The Morgan fingerprint density at radius 3 is 2.00 bits per heavy atom. The van der Waals surface area contributed by atoms with E-state index in [0.717, 1.165) is 0 Å². The molecule has 1 aliphatic rings. The van der Waals surface area contributed by atoms with Crippen LogP contribution >= 0.6 is 0 Å². The molecule has 0 aliphatic heterocycles. The number of rotatable bonds is 4. The zero-order chi connectivity index (χ0) is 32.7. The summed E-state index contributed by atoms with van der Waals surface area (Å²) in [6, 6.07) is 61.0. The topological polar surface area (TPSA) is 3.24 Å². The van der Waals surface area contributed by atoms with Crippen molar-refractivity contribution in [1.29, 1.82) is 0 Å². The third-order valence-corrected chi connectivity index (χ3v) is 13.2. The Morgan fingerprint density at radius 2 is 1.14 bits per heavy atom. The van der Waals surface area contributed by atoms with E-state index in [1.54, 1.807) is 0 Å². The maximum atomic E-state index is 2.52. The van der Waals surface area contributed by atoms with E-state index in [0.29, 0.717) is 0 Å². The van der Waals surface area contributed by atoms with E-state index >= 15 is 0 Å². The predicted molar refractivity (Wildman–Crippen MR) is 211 cm³/mol. The van der Waals surface area contributed by atoms with Gasteiger partial charge in [0.25, 0.3) is 0 Å². The fourth-order valence-electron chi connectivity index (χ4n) is 8.31. The number of hydrogen-bond acceptors (Lipinski definition) is 1. The summed E-state index contributed by atoms with van der Waals surface area (Å²) in [5, 5.41) is 8.06. The summed E-state index contributed by atoms with van der Waals surface area (Å²) in [4.78, 5) is 2.52. The van der Waals surface area contributed by atoms with Gasteiger partial charge in [-0.05, 0) is 0 Å². The maximum absolute atomic E-state index is 2.52. The van der Waals surface area contributed by atoms with Gasteiger partial charge in [0.1, 0.15) is 0 Å². The molecule has 9 aromatic rings. The quantitative estimate of drug-likeness (QED) is 0.131. The van der Waals surface area contributed by atoms with E-state index in [1.165, 1.54) is 91.3 Å². The molecule has 0 unspecified atom stereocenters. The Balaban J connectivity index is 1.29. The Morgan fingerprint density at radius 1 is 0.469 bits per heavy atom. The first kappa shape index (κ1) is 28.6. The standard InChI is InChI=1S/C47H33NSe/c1-47(2)40-21-11-8-17-34(40)35-27-25-32(29-41(35)47)48(42-22-12-9-16-33(42)30-14-4-3-5-15-30)43-28-31-24-26-39-37-19-10-13-23-44(37)49-46(39)45(31)38-20-7-6-18-36(38)43/h3-29H,1-2H3. The molecule has 0 saturated carbocycles. The van der Waals surface area contributed by atoms with Crippen LogP contribution in [0.15, 0.2) is 164 Å². The fraction of sp³-hybridized carbons (Fsp3) is 0.0638. The third-order valence-electron chi connectivity index (χ3n) is 10.6. The first-order chi connectivity index (χ1) is 24.1. The molecule has 2 heteroatoms. The van der Waals surface area contributed by atoms with Gasteiger partial charge in [-0.25, -0.2) is 0 Å². The minimum absolute atomic E-state index is 0.102. The number of para-hydroxylation sites is 1. The van der Waals surface area contributed by atoms with Crippen LogP contribution in [0.4, 0.5) is 17.1 Å². The van der Waals surface area contributed by atoms with Gasteiger partial charge in [-0.2, -0.15) is 0 Å². The van der Waals surface area contributed by atoms with Crippen LogP contribution in [0.5, 0.6) is 0 Å². The summed E-state index contributed by atoms with van der Waals surface area (Å²) in [7, 11) is 0. The molecule has 232 valence electrons. The second-order valence-electron chi connectivity index (χ2n) is 13.7. The molecule has 1 aromatic heterocycles. The molecular weight excluding hydrogens is 657 g/mol. The number of benzene rings is 8. The summed E-state index contributed by atoms with van der Waals surface area (Å²) in [6.07, 6.45) is 0. The van der Waals surface area contributed by atoms with Crippen molar-refractivity contribution >= 4 is 72.4 Å². The monoisotopic (exact) mass is 691 g/mol. The first-order valence-corrected chi connectivity index (χ1v) is 18.7. The van der Waals surface area contributed by atoms with Crippen molar-refractivity contribution in [3.63, 3.8) is 0 Å². The molecule has 0 radical (unpaired) electrons. The van der Waals surface area contributed by atoms with E-state index in [2.05, 4.69) is 183 Å². The van der Waals surface area contributed by atoms with Crippen LogP contribution in [0.2, 0.25) is 0 Å². The summed E-state index contributed by atoms with van der Waals surface area (Å²) in [5.74, 6) is 0. The van der Waals surface area contributed by atoms with Gasteiger partial charge in [0.2, 0.25) is 0 Å². The van der Waals surface area contributed by atoms with Gasteiger partial charge in [-0.15, -0.1) is 0 Å². The molecule has 8 aromatic carbocycles. The Hall–Kier alpha value is -5.40. The molecule has 0 saturated heterocycles. The summed E-state index contributed by atoms with van der Waals surface area (Å²) in [6.45, 7) is 4.74. The number of anilines is 3. The van der Waals surface area contributed by atoms with Crippen LogP contribution in [0.25, 0.3) is 63.1 Å². The summed E-state index contributed by atoms with van der Waals surface area (Å²) in [5.41, 5.74) is 11.3.